The van der Waals surface area contributed by atoms with Crippen LogP contribution in [0.5, 0.6) is 0 Å². The molecule has 0 aromatic heterocycles. The van der Waals surface area contributed by atoms with Gasteiger partial charge >= 0.3 is 0 Å². The molecule has 0 heterocycles. The number of hydrogen-bond acceptors (Lipinski definition) is 2. The summed E-state index contributed by atoms with van der Waals surface area (Å²) in [7, 11) is -0.772. The van der Waals surface area contributed by atoms with Crippen molar-refractivity contribution < 1.29 is 4.21 Å². The van der Waals surface area contributed by atoms with Gasteiger partial charge in [0.1, 0.15) is 0 Å². The Morgan fingerprint density at radius 1 is 1.33 bits per heavy atom. The minimum Gasteiger partial charge on any atom is -0.326 e. The van der Waals surface area contributed by atoms with E-state index in [0.717, 1.165) is 12.8 Å². The van der Waals surface area contributed by atoms with Crippen LogP contribution >= 0.6 is 0 Å². The molecule has 0 aromatic carbocycles. The fraction of sp³-hybridized carbons (Fsp3) is 1.00. The van der Waals surface area contributed by atoms with Crippen molar-refractivity contribution in [1.82, 2.24) is 0 Å². The van der Waals surface area contributed by atoms with E-state index < -0.39 is 10.8 Å². The lowest BCUT2D eigenvalue weighted by atomic mass is 9.88. The third kappa shape index (κ3) is 2.62. The zero-order valence-electron chi connectivity index (χ0n) is 10.6. The zero-order chi connectivity index (χ0) is 11.8. The van der Waals surface area contributed by atoms with Crippen LogP contribution < -0.4 is 5.73 Å². The lowest BCUT2D eigenvalue weighted by molar-refractivity contribution is 0.333. The summed E-state index contributed by atoms with van der Waals surface area (Å²) in [6, 6.07) is 0.0968. The van der Waals surface area contributed by atoms with Gasteiger partial charge in [0.25, 0.3) is 0 Å². The minimum atomic E-state index is -0.772. The molecule has 3 heteroatoms. The third-order valence-corrected chi connectivity index (χ3v) is 6.38. The first-order valence-corrected chi connectivity index (χ1v) is 7.20. The summed E-state index contributed by atoms with van der Waals surface area (Å²) in [5, 5.41) is 0.465. The van der Waals surface area contributed by atoms with E-state index in [-0.39, 0.29) is 22.0 Å². The van der Waals surface area contributed by atoms with Crippen LogP contribution in [-0.4, -0.2) is 20.8 Å². The molecule has 0 bridgehead atoms. The van der Waals surface area contributed by atoms with Gasteiger partial charge in [0.05, 0.1) is 5.25 Å². The van der Waals surface area contributed by atoms with E-state index in [4.69, 9.17) is 5.73 Å². The molecule has 0 aliphatic heterocycles. The van der Waals surface area contributed by atoms with Gasteiger partial charge in [-0.2, -0.15) is 0 Å². The van der Waals surface area contributed by atoms with E-state index in [1.807, 2.05) is 0 Å². The number of hydrogen-bond donors (Lipinski definition) is 1. The molecule has 1 saturated carbocycles. The number of nitrogens with two attached hydrogens (primary N) is 1. The highest BCUT2D eigenvalue weighted by Gasteiger charge is 2.43. The fourth-order valence-corrected chi connectivity index (χ4v) is 4.26. The second-order valence-corrected chi connectivity index (χ2v) is 7.88. The van der Waals surface area contributed by atoms with Crippen molar-refractivity contribution in [3.8, 4) is 0 Å². The van der Waals surface area contributed by atoms with E-state index in [1.165, 1.54) is 0 Å². The first kappa shape index (κ1) is 13.2. The Bertz CT molecular complexity index is 250. The SMILES string of the molecule is CC(C)C(C)S(=O)C1CCC(C)(C)C1N. The summed E-state index contributed by atoms with van der Waals surface area (Å²) >= 11 is 0. The first-order chi connectivity index (χ1) is 6.77. The van der Waals surface area contributed by atoms with Crippen LogP contribution in [0.4, 0.5) is 0 Å². The Hall–Kier alpha value is 0.110. The lowest BCUT2D eigenvalue weighted by Crippen LogP contribution is -2.44. The second-order valence-electron chi connectivity index (χ2n) is 5.87. The van der Waals surface area contributed by atoms with Gasteiger partial charge in [0.15, 0.2) is 0 Å². The Balaban J connectivity index is 2.71. The van der Waals surface area contributed by atoms with E-state index in [2.05, 4.69) is 34.6 Å². The van der Waals surface area contributed by atoms with Gasteiger partial charge in [-0.15, -0.1) is 0 Å². The average Bonchev–Trinajstić information content (AvgIpc) is 2.40. The summed E-state index contributed by atoms with van der Waals surface area (Å²) < 4.78 is 12.3. The summed E-state index contributed by atoms with van der Waals surface area (Å²) in [5.41, 5.74) is 6.37. The van der Waals surface area contributed by atoms with Crippen LogP contribution in [-0.2, 0) is 10.8 Å². The molecular formula is C12H25NOS. The van der Waals surface area contributed by atoms with Crippen LogP contribution in [0.1, 0.15) is 47.5 Å². The largest absolute Gasteiger partial charge is 0.326 e. The molecule has 1 fully saturated rings. The molecule has 2 N–H and O–H groups in total. The first-order valence-electron chi connectivity index (χ1n) is 5.92. The van der Waals surface area contributed by atoms with Gasteiger partial charge in [-0.3, -0.25) is 4.21 Å². The molecule has 1 rings (SSSR count). The van der Waals surface area contributed by atoms with Gasteiger partial charge in [0, 0.05) is 22.1 Å². The van der Waals surface area contributed by atoms with E-state index in [0.29, 0.717) is 5.92 Å². The molecule has 0 aromatic rings. The molecule has 90 valence electrons. The van der Waals surface area contributed by atoms with Gasteiger partial charge in [-0.05, 0) is 24.2 Å². The van der Waals surface area contributed by atoms with Crippen LogP contribution in [0.15, 0.2) is 0 Å². The van der Waals surface area contributed by atoms with Gasteiger partial charge < -0.3 is 5.73 Å². The summed E-state index contributed by atoms with van der Waals surface area (Å²) in [6.07, 6.45) is 2.13. The highest BCUT2D eigenvalue weighted by Crippen LogP contribution is 2.39. The monoisotopic (exact) mass is 231 g/mol. The molecule has 0 spiro atoms. The van der Waals surface area contributed by atoms with Crippen molar-refractivity contribution in [2.24, 2.45) is 17.1 Å². The van der Waals surface area contributed by atoms with Crippen molar-refractivity contribution in [3.05, 3.63) is 0 Å². The predicted octanol–water partition coefficient (Wildman–Crippen LogP) is 2.30. The third-order valence-electron chi connectivity index (χ3n) is 3.98. The molecule has 15 heavy (non-hydrogen) atoms. The maximum absolute atomic E-state index is 12.3. The normalized spacial score (nSPS) is 34.3. The van der Waals surface area contributed by atoms with Crippen molar-refractivity contribution in [2.75, 3.05) is 0 Å². The summed E-state index contributed by atoms with van der Waals surface area (Å²) in [5.74, 6) is 0.474. The van der Waals surface area contributed by atoms with Gasteiger partial charge in [0.2, 0.25) is 0 Å². The topological polar surface area (TPSA) is 43.1 Å². The van der Waals surface area contributed by atoms with Crippen LogP contribution in [0, 0.1) is 11.3 Å². The molecule has 0 radical (unpaired) electrons. The zero-order valence-corrected chi connectivity index (χ0v) is 11.4. The molecule has 0 amide bonds. The predicted molar refractivity (Wildman–Crippen MR) is 67.2 cm³/mol. The molecule has 2 nitrogen and oxygen atoms in total. The summed E-state index contributed by atoms with van der Waals surface area (Å²) in [4.78, 5) is 0. The van der Waals surface area contributed by atoms with Crippen LogP contribution in [0.2, 0.25) is 0 Å². The second kappa shape index (κ2) is 4.54. The Labute approximate surface area is 96.5 Å². The van der Waals surface area contributed by atoms with Crippen molar-refractivity contribution in [3.63, 3.8) is 0 Å². The van der Waals surface area contributed by atoms with E-state index >= 15 is 0 Å². The molecule has 1 aliphatic carbocycles. The Morgan fingerprint density at radius 2 is 1.87 bits per heavy atom. The Morgan fingerprint density at radius 3 is 2.20 bits per heavy atom. The van der Waals surface area contributed by atoms with Gasteiger partial charge in [-0.1, -0.05) is 34.6 Å². The molecule has 4 unspecified atom stereocenters. The van der Waals surface area contributed by atoms with Crippen molar-refractivity contribution >= 4 is 10.8 Å². The molecule has 0 saturated heterocycles. The van der Waals surface area contributed by atoms with E-state index in [9.17, 15) is 4.21 Å². The maximum atomic E-state index is 12.3. The Kier molecular flexibility index (Phi) is 3.99. The summed E-state index contributed by atoms with van der Waals surface area (Å²) in [6.45, 7) is 10.7. The maximum Gasteiger partial charge on any atom is 0.0507 e. The molecule has 1 aliphatic rings. The standard InChI is InChI=1S/C12H25NOS/c1-8(2)9(3)15(14)10-6-7-12(4,5)11(10)13/h8-11H,6-7,13H2,1-5H3. The van der Waals surface area contributed by atoms with E-state index in [1.54, 1.807) is 0 Å². The highest BCUT2D eigenvalue weighted by molar-refractivity contribution is 7.86. The molecule has 4 atom stereocenters. The van der Waals surface area contributed by atoms with Gasteiger partial charge in [-0.25, -0.2) is 0 Å². The van der Waals surface area contributed by atoms with Crippen molar-refractivity contribution in [2.45, 2.75) is 64.0 Å². The number of rotatable bonds is 3. The lowest BCUT2D eigenvalue weighted by Gasteiger charge is -2.28. The molecular weight excluding hydrogens is 206 g/mol. The fourth-order valence-electron chi connectivity index (χ4n) is 2.17. The van der Waals surface area contributed by atoms with Crippen molar-refractivity contribution in [1.29, 1.82) is 0 Å². The van der Waals surface area contributed by atoms with Crippen LogP contribution in [0.25, 0.3) is 0 Å². The smallest absolute Gasteiger partial charge is 0.0507 e. The quantitative estimate of drug-likeness (QED) is 0.810. The van der Waals surface area contributed by atoms with Crippen LogP contribution in [0.3, 0.4) is 0 Å². The average molecular weight is 231 g/mol. The highest BCUT2D eigenvalue weighted by atomic mass is 32.2. The minimum absolute atomic E-state index is 0.0968.